The van der Waals surface area contributed by atoms with Gasteiger partial charge in [-0.05, 0) is 68.1 Å². The average Bonchev–Trinajstić information content (AvgIpc) is 3.64. The number of rotatable bonds is 5. The molecule has 0 aliphatic heterocycles. The summed E-state index contributed by atoms with van der Waals surface area (Å²) in [5.41, 5.74) is 10.3. The maximum Gasteiger partial charge on any atom is 0.0494 e. The van der Waals surface area contributed by atoms with E-state index in [9.17, 15) is 0 Å². The molecule has 0 N–H and O–H groups in total. The van der Waals surface area contributed by atoms with Gasteiger partial charge in [0.25, 0.3) is 0 Å². The Morgan fingerprint density at radius 3 is 0.917 bits per heavy atom. The second kappa shape index (κ2) is 10.7. The highest BCUT2D eigenvalue weighted by molar-refractivity contribution is 6.11. The van der Waals surface area contributed by atoms with E-state index in [0.29, 0.717) is 0 Å². The summed E-state index contributed by atoms with van der Waals surface area (Å²) in [5.74, 6) is 0. The third-order valence-corrected chi connectivity index (χ3v) is 10.3. The van der Waals surface area contributed by atoms with E-state index in [2.05, 4.69) is 179 Å². The van der Waals surface area contributed by atoms with Crippen molar-refractivity contribution in [2.75, 3.05) is 0 Å². The molecule has 8 aromatic carbocycles. The minimum Gasteiger partial charge on any atom is -0.336 e. The average molecular weight is 613 g/mol. The van der Waals surface area contributed by atoms with E-state index in [-0.39, 0.29) is 0 Å². The van der Waals surface area contributed by atoms with Crippen molar-refractivity contribution in [2.24, 2.45) is 0 Å². The van der Waals surface area contributed by atoms with E-state index in [1.54, 1.807) is 0 Å². The molecule has 0 aliphatic carbocycles. The monoisotopic (exact) mass is 612 g/mol. The van der Waals surface area contributed by atoms with Gasteiger partial charge in [-0.2, -0.15) is 0 Å². The fourth-order valence-electron chi connectivity index (χ4n) is 8.18. The first kappa shape index (κ1) is 27.0. The van der Waals surface area contributed by atoms with E-state index in [1.807, 2.05) is 0 Å². The van der Waals surface area contributed by atoms with Gasteiger partial charge in [0.2, 0.25) is 0 Å². The second-order valence-electron chi connectivity index (χ2n) is 12.9. The summed E-state index contributed by atoms with van der Waals surface area (Å²) >= 11 is 0. The molecule has 2 nitrogen and oxygen atoms in total. The molecule has 0 spiro atoms. The molecule has 10 rings (SSSR count). The minimum absolute atomic E-state index is 0.770. The molecule has 0 bridgehead atoms. The van der Waals surface area contributed by atoms with Gasteiger partial charge in [-0.3, -0.25) is 0 Å². The topological polar surface area (TPSA) is 9.86 Å². The van der Waals surface area contributed by atoms with Crippen molar-refractivity contribution in [3.05, 3.63) is 181 Å². The zero-order valence-corrected chi connectivity index (χ0v) is 26.5. The lowest BCUT2D eigenvalue weighted by atomic mass is 9.87. The number of hydrogen-bond acceptors (Lipinski definition) is 0. The normalized spacial score (nSPS) is 11.9. The highest BCUT2D eigenvalue weighted by atomic mass is 15.0. The summed E-state index contributed by atoms with van der Waals surface area (Å²) in [4.78, 5) is 0. The molecule has 2 heterocycles. The van der Waals surface area contributed by atoms with Crippen LogP contribution in [0.4, 0.5) is 0 Å². The number of hydrogen-bond donors (Lipinski definition) is 0. The minimum atomic E-state index is 0.770. The molecular weight excluding hydrogens is 581 g/mol. The molecule has 0 amide bonds. The summed E-state index contributed by atoms with van der Waals surface area (Å²) in [7, 11) is 0. The van der Waals surface area contributed by atoms with Gasteiger partial charge < -0.3 is 9.13 Å². The van der Waals surface area contributed by atoms with Crippen molar-refractivity contribution >= 4 is 65.2 Å². The summed E-state index contributed by atoms with van der Waals surface area (Å²) in [6.07, 6.45) is 0. The van der Waals surface area contributed by atoms with Crippen molar-refractivity contribution in [3.8, 4) is 11.1 Å². The molecule has 10 aromatic rings. The highest BCUT2D eigenvalue weighted by Gasteiger charge is 2.20. The predicted molar refractivity (Wildman–Crippen MR) is 204 cm³/mol. The van der Waals surface area contributed by atoms with Gasteiger partial charge in [0.1, 0.15) is 0 Å². The molecule has 2 heteroatoms. The van der Waals surface area contributed by atoms with Crippen molar-refractivity contribution in [1.82, 2.24) is 9.13 Å². The van der Waals surface area contributed by atoms with Crippen molar-refractivity contribution in [1.29, 1.82) is 0 Å². The molecule has 0 aliphatic rings. The largest absolute Gasteiger partial charge is 0.336 e. The Morgan fingerprint density at radius 1 is 0.271 bits per heavy atom. The molecule has 0 saturated carbocycles. The molecule has 226 valence electrons. The zero-order valence-electron chi connectivity index (χ0n) is 26.5. The molecule has 0 radical (unpaired) electrons. The van der Waals surface area contributed by atoms with Crippen molar-refractivity contribution < 1.29 is 0 Å². The van der Waals surface area contributed by atoms with E-state index >= 15 is 0 Å². The SMILES string of the molecule is c1ccc2c(-c3c(Cn4c5ccccc5c5ccccc54)ccc4ccccc34)c(Cn3c4ccccc4c4ccccc43)ccc2c1. The van der Waals surface area contributed by atoms with Gasteiger partial charge in [-0.25, -0.2) is 0 Å². The third kappa shape index (κ3) is 4.06. The third-order valence-electron chi connectivity index (χ3n) is 10.3. The van der Waals surface area contributed by atoms with Gasteiger partial charge in [-0.15, -0.1) is 0 Å². The maximum atomic E-state index is 2.51. The fourth-order valence-corrected chi connectivity index (χ4v) is 8.18. The van der Waals surface area contributed by atoms with Gasteiger partial charge in [0.05, 0.1) is 0 Å². The van der Waals surface area contributed by atoms with Crippen LogP contribution in [0.3, 0.4) is 0 Å². The standard InChI is InChI=1S/C46H32N2/c1-3-15-35-31(13-1)25-27-33(29-47-41-21-9-5-17-37(41)38-18-6-10-22-42(38)47)45(35)46-34(28-26-32-14-2-4-16-36(32)46)30-48-43-23-11-7-19-39(43)40-20-8-12-24-44(40)48/h1-28H,29-30H2. The first-order valence-corrected chi connectivity index (χ1v) is 16.8. The summed E-state index contributed by atoms with van der Waals surface area (Å²) in [6.45, 7) is 1.54. The Kier molecular flexibility index (Phi) is 6.04. The quantitative estimate of drug-likeness (QED) is 0.183. The lowest BCUT2D eigenvalue weighted by Crippen LogP contribution is -2.06. The van der Waals surface area contributed by atoms with Crippen LogP contribution in [0.5, 0.6) is 0 Å². The van der Waals surface area contributed by atoms with Crippen LogP contribution in [0.2, 0.25) is 0 Å². The summed E-state index contributed by atoms with van der Waals surface area (Å²) < 4.78 is 5.02. The molecule has 48 heavy (non-hydrogen) atoms. The van der Waals surface area contributed by atoms with E-state index in [4.69, 9.17) is 0 Å². The Morgan fingerprint density at radius 2 is 0.562 bits per heavy atom. The fraction of sp³-hybridized carbons (Fsp3) is 0.0435. The first-order valence-electron chi connectivity index (χ1n) is 16.8. The van der Waals surface area contributed by atoms with Crippen LogP contribution in [-0.4, -0.2) is 9.13 Å². The van der Waals surface area contributed by atoms with E-state index < -0.39 is 0 Å². The van der Waals surface area contributed by atoms with Gasteiger partial charge in [-0.1, -0.05) is 146 Å². The van der Waals surface area contributed by atoms with Crippen LogP contribution >= 0.6 is 0 Å². The maximum absolute atomic E-state index is 2.51. The number of nitrogens with zero attached hydrogens (tertiary/aromatic N) is 2. The molecule has 0 fully saturated rings. The van der Waals surface area contributed by atoms with Crippen LogP contribution in [0.1, 0.15) is 11.1 Å². The molecular formula is C46H32N2. The molecule has 2 aromatic heterocycles. The zero-order chi connectivity index (χ0) is 31.6. The lowest BCUT2D eigenvalue weighted by Gasteiger charge is -2.21. The number of para-hydroxylation sites is 4. The summed E-state index contributed by atoms with van der Waals surface area (Å²) in [6, 6.07) is 62.5. The Balaban J connectivity index is 1.27. The van der Waals surface area contributed by atoms with Crippen molar-refractivity contribution in [2.45, 2.75) is 13.1 Å². The first-order chi connectivity index (χ1) is 23.8. The Hall–Kier alpha value is -6.12. The van der Waals surface area contributed by atoms with E-state index in [1.165, 1.54) is 87.4 Å². The van der Waals surface area contributed by atoms with Crippen LogP contribution in [0, 0.1) is 0 Å². The van der Waals surface area contributed by atoms with Crippen LogP contribution < -0.4 is 0 Å². The van der Waals surface area contributed by atoms with Gasteiger partial charge in [0.15, 0.2) is 0 Å². The van der Waals surface area contributed by atoms with E-state index in [0.717, 1.165) is 13.1 Å². The van der Waals surface area contributed by atoms with Gasteiger partial charge >= 0.3 is 0 Å². The molecule has 0 saturated heterocycles. The Labute approximate surface area is 278 Å². The number of fused-ring (bicyclic) bond motifs is 8. The Bertz CT molecular complexity index is 2540. The lowest BCUT2D eigenvalue weighted by molar-refractivity contribution is 0.864. The highest BCUT2D eigenvalue weighted by Crippen LogP contribution is 2.42. The van der Waals surface area contributed by atoms with Gasteiger partial charge in [0, 0.05) is 56.7 Å². The van der Waals surface area contributed by atoms with Crippen LogP contribution in [0.15, 0.2) is 170 Å². The van der Waals surface area contributed by atoms with Crippen LogP contribution in [0.25, 0.3) is 76.3 Å². The number of benzene rings is 8. The summed E-state index contributed by atoms with van der Waals surface area (Å²) in [5, 5.41) is 10.3. The number of aromatic nitrogens is 2. The van der Waals surface area contributed by atoms with Crippen molar-refractivity contribution in [3.63, 3.8) is 0 Å². The second-order valence-corrected chi connectivity index (χ2v) is 12.9. The molecule has 0 unspecified atom stereocenters. The smallest absolute Gasteiger partial charge is 0.0494 e. The predicted octanol–water partition coefficient (Wildman–Crippen LogP) is 12.0. The van der Waals surface area contributed by atoms with Crippen LogP contribution in [-0.2, 0) is 13.1 Å². The molecule has 0 atom stereocenters.